The smallest absolute Gasteiger partial charge is 0.347 e. The Hall–Kier alpha value is -6.86. The Kier molecular flexibility index (Phi) is 13.2. The van der Waals surface area contributed by atoms with Crippen molar-refractivity contribution in [3.63, 3.8) is 0 Å². The predicted octanol–water partition coefficient (Wildman–Crippen LogP) is 5.85. The van der Waals surface area contributed by atoms with E-state index in [0.29, 0.717) is 32.7 Å². The Bertz CT molecular complexity index is 2370. The van der Waals surface area contributed by atoms with Crippen LogP contribution in [0.15, 0.2) is 95.4 Å². The zero-order chi connectivity index (χ0) is 41.4. The average molecular weight is 819 g/mol. The number of nitrogens with two attached hydrogens (primary N) is 1. The van der Waals surface area contributed by atoms with E-state index in [0.717, 1.165) is 23.3 Å². The van der Waals surface area contributed by atoms with E-state index in [-0.39, 0.29) is 28.4 Å². The van der Waals surface area contributed by atoms with Crippen LogP contribution in [0.1, 0.15) is 52.4 Å². The number of anilines is 1. The van der Waals surface area contributed by atoms with Crippen LogP contribution in [0.4, 0.5) is 10.1 Å². The topological polar surface area (TPSA) is 230 Å². The van der Waals surface area contributed by atoms with Gasteiger partial charge in [0.15, 0.2) is 0 Å². The largest absolute Gasteiger partial charge is 0.426 e. The number of carbonyl (C=O) groups excluding carboxylic acids is 3. The number of hydrogen-bond donors (Lipinski definition) is 2. The van der Waals surface area contributed by atoms with Gasteiger partial charge in [-0.2, -0.15) is 0 Å². The van der Waals surface area contributed by atoms with Gasteiger partial charge in [0.25, 0.3) is 10.2 Å². The van der Waals surface area contributed by atoms with Crippen molar-refractivity contribution >= 4 is 68.8 Å². The van der Waals surface area contributed by atoms with E-state index in [9.17, 15) is 43.2 Å². The van der Waals surface area contributed by atoms with Crippen LogP contribution in [0.25, 0.3) is 17.2 Å². The first-order chi connectivity index (χ1) is 27.1. The second kappa shape index (κ2) is 18.2. The second-order valence-corrected chi connectivity index (χ2v) is 14.1. The van der Waals surface area contributed by atoms with Crippen molar-refractivity contribution in [2.75, 3.05) is 18.2 Å². The number of carbonyl (C=O) groups is 3. The van der Waals surface area contributed by atoms with Crippen molar-refractivity contribution < 1.29 is 52.3 Å². The Morgan fingerprint density at radius 2 is 1.65 bits per heavy atom. The Morgan fingerprint density at radius 1 is 0.947 bits per heavy atom. The highest BCUT2D eigenvalue weighted by atomic mass is 32.2. The van der Waals surface area contributed by atoms with Crippen LogP contribution < -0.4 is 20.5 Å². The normalized spacial score (nSPS) is 13.6. The van der Waals surface area contributed by atoms with Gasteiger partial charge in [-0.25, -0.2) is 9.18 Å². The van der Waals surface area contributed by atoms with Crippen molar-refractivity contribution in [2.24, 2.45) is 5.73 Å². The number of thiocarbonyl (C=S) groups is 1. The van der Waals surface area contributed by atoms with Crippen LogP contribution in [-0.2, 0) is 30.1 Å². The number of benzene rings is 4. The molecule has 294 valence electrons. The number of fused-ring (bicyclic) bond motifs is 1. The summed E-state index contributed by atoms with van der Waals surface area (Å²) in [7, 11) is -1.16. The molecule has 1 aliphatic rings. The summed E-state index contributed by atoms with van der Waals surface area (Å²) in [6, 6.07) is 20.8. The predicted molar refractivity (Wildman–Crippen MR) is 208 cm³/mol. The molecule has 19 heteroatoms. The van der Waals surface area contributed by atoms with Gasteiger partial charge in [-0.15, -0.1) is 20.2 Å². The Morgan fingerprint density at radius 3 is 2.28 bits per heavy atom. The van der Waals surface area contributed by atoms with Crippen molar-refractivity contribution in [3.05, 3.63) is 144 Å². The molecule has 0 aliphatic heterocycles. The molecule has 3 N–H and O–H groups in total. The Labute approximate surface area is 330 Å². The second-order valence-electron chi connectivity index (χ2n) is 12.2. The number of nitrogens with one attached hydrogen (secondary N) is 1. The summed E-state index contributed by atoms with van der Waals surface area (Å²) in [6.07, 6.45) is 0.598. The molecular formula is C38H31FN4O12S2. The van der Waals surface area contributed by atoms with Crippen LogP contribution in [0, 0.1) is 26.0 Å². The lowest BCUT2D eigenvalue weighted by Crippen LogP contribution is -2.29. The highest BCUT2D eigenvalue weighted by Crippen LogP contribution is 2.44. The fourth-order valence-corrected chi connectivity index (χ4v) is 6.37. The molecule has 0 saturated heterocycles. The van der Waals surface area contributed by atoms with Crippen LogP contribution in [0.3, 0.4) is 0 Å². The minimum atomic E-state index is -1.74. The van der Waals surface area contributed by atoms with Gasteiger partial charge >= 0.3 is 11.9 Å². The zero-order valence-corrected chi connectivity index (χ0v) is 31.6. The van der Waals surface area contributed by atoms with E-state index < -0.39 is 69.5 Å². The molecule has 16 nitrogen and oxygen atoms in total. The fourth-order valence-electron chi connectivity index (χ4n) is 5.72. The van der Waals surface area contributed by atoms with E-state index in [1.807, 2.05) is 18.2 Å². The number of allylic oxidation sites excluding steroid dienone is 2. The molecule has 0 fully saturated rings. The standard InChI is InChI=1S/C38H31FN4O12S2/c1-21-30(15-22-3-11-28(12-4-22)57(2)51)29-13-7-24(39)16-32(29)31(21)19-35(44)41-25-8-14-34(54-36(45)18-27(55-43(49)50)20-52-42(47)48)33(17-25)38(46)53-26-9-5-23(6-10-26)37(40)56/h3-17,27H,18-20H2,1-2H3,(H2,40,56)(H,41,44)/b30-15-. The van der Waals surface area contributed by atoms with Crippen LogP contribution in [0.5, 0.6) is 11.5 Å². The summed E-state index contributed by atoms with van der Waals surface area (Å²) in [6.45, 7) is 0.822. The molecule has 5 rings (SSSR count). The molecule has 2 unspecified atom stereocenters. The minimum Gasteiger partial charge on any atom is -0.426 e. The van der Waals surface area contributed by atoms with Gasteiger partial charge < -0.3 is 30.2 Å². The highest BCUT2D eigenvalue weighted by molar-refractivity contribution is 7.84. The molecule has 0 bridgehead atoms. The Balaban J connectivity index is 1.41. The van der Waals surface area contributed by atoms with Gasteiger partial charge in [-0.3, -0.25) is 13.8 Å². The number of ether oxygens (including phenoxy) is 2. The van der Waals surface area contributed by atoms with Crippen molar-refractivity contribution in [2.45, 2.75) is 30.8 Å². The maximum atomic E-state index is 14.5. The molecule has 0 saturated carbocycles. The average Bonchev–Trinajstić information content (AvgIpc) is 3.39. The lowest BCUT2D eigenvalue weighted by Gasteiger charge is -2.15. The van der Waals surface area contributed by atoms with Gasteiger partial charge in [0.05, 0.1) is 12.8 Å². The number of nitrogens with zero attached hydrogens (tertiary/aromatic N) is 2. The summed E-state index contributed by atoms with van der Waals surface area (Å²) in [5.41, 5.74) is 9.82. The highest BCUT2D eigenvalue weighted by Gasteiger charge is 2.27. The van der Waals surface area contributed by atoms with Crippen molar-refractivity contribution in [3.8, 4) is 11.5 Å². The molecule has 1 amide bonds. The maximum Gasteiger partial charge on any atom is 0.347 e. The molecule has 0 spiro atoms. The molecule has 4 aromatic carbocycles. The fraction of sp³-hybridized carbons (Fsp3) is 0.158. The lowest BCUT2D eigenvalue weighted by molar-refractivity contribution is -0.789. The monoisotopic (exact) mass is 818 g/mol. The van der Waals surface area contributed by atoms with E-state index in [1.54, 1.807) is 31.4 Å². The zero-order valence-electron chi connectivity index (χ0n) is 29.9. The third-order valence-electron chi connectivity index (χ3n) is 8.37. The first-order valence-electron chi connectivity index (χ1n) is 16.6. The summed E-state index contributed by atoms with van der Waals surface area (Å²) >= 11 is 4.95. The molecule has 0 aromatic heterocycles. The molecule has 1 aliphatic carbocycles. The van der Waals surface area contributed by atoms with Gasteiger partial charge in [0.2, 0.25) is 5.91 Å². The number of hydrogen-bond acceptors (Lipinski definition) is 13. The number of rotatable bonds is 16. The lowest BCUT2D eigenvalue weighted by atomic mass is 10.0. The third kappa shape index (κ3) is 10.9. The summed E-state index contributed by atoms with van der Waals surface area (Å²) in [5.74, 6) is -3.68. The molecule has 2 atom stereocenters. The minimum absolute atomic E-state index is 0.0396. The SMILES string of the molecule is CC1=C(CC(=O)Nc2ccc(OC(=O)CC(CO[N+](=O)[O-])O[N+](=O)[O-])c(C(=O)Oc3ccc(C(N)=S)cc3)c2)c2cc(F)ccc2/C1=C\c1ccc(S(C)=O)cc1. The van der Waals surface area contributed by atoms with E-state index in [4.69, 9.17) is 27.4 Å². The molecule has 0 heterocycles. The third-order valence-corrected chi connectivity index (χ3v) is 9.54. The van der Waals surface area contributed by atoms with Gasteiger partial charge in [0.1, 0.15) is 40.6 Å². The summed E-state index contributed by atoms with van der Waals surface area (Å²) < 4.78 is 37.2. The molecule has 4 aromatic rings. The summed E-state index contributed by atoms with van der Waals surface area (Å²) in [4.78, 5) is 70.5. The maximum absolute atomic E-state index is 14.5. The first-order valence-corrected chi connectivity index (χ1v) is 18.5. The van der Waals surface area contributed by atoms with Gasteiger partial charge in [0, 0.05) is 33.2 Å². The quantitative estimate of drug-likeness (QED) is 0.0444. The molecular weight excluding hydrogens is 788 g/mol. The van der Waals surface area contributed by atoms with Crippen molar-refractivity contribution in [1.82, 2.24) is 0 Å². The van der Waals surface area contributed by atoms with Crippen LogP contribution in [0.2, 0.25) is 0 Å². The van der Waals surface area contributed by atoms with E-state index in [1.165, 1.54) is 42.5 Å². The molecule has 0 radical (unpaired) electrons. The van der Waals surface area contributed by atoms with Crippen LogP contribution in [-0.4, -0.2) is 56.2 Å². The van der Waals surface area contributed by atoms with E-state index >= 15 is 0 Å². The number of amides is 1. The number of esters is 2. The van der Waals surface area contributed by atoms with E-state index in [2.05, 4.69) is 15.0 Å². The van der Waals surface area contributed by atoms with Crippen molar-refractivity contribution in [1.29, 1.82) is 0 Å². The molecule has 57 heavy (non-hydrogen) atoms. The van der Waals surface area contributed by atoms with Crippen LogP contribution >= 0.6 is 12.2 Å². The number of halogens is 1. The summed E-state index contributed by atoms with van der Waals surface area (Å²) in [5, 5.41) is 21.7. The van der Waals surface area contributed by atoms with Gasteiger partial charge in [-0.1, -0.05) is 30.4 Å². The first kappa shape index (κ1) is 41.3. The van der Waals surface area contributed by atoms with Gasteiger partial charge in [-0.05, 0) is 113 Å².